The summed E-state index contributed by atoms with van der Waals surface area (Å²) in [6.07, 6.45) is 0.902. The number of rotatable bonds is 7. The minimum absolute atomic E-state index is 0.0567. The summed E-state index contributed by atoms with van der Waals surface area (Å²) >= 11 is 0. The summed E-state index contributed by atoms with van der Waals surface area (Å²) in [7, 11) is 1.67. The first kappa shape index (κ1) is 15.9. The lowest BCUT2D eigenvalue weighted by Crippen LogP contribution is -2.44. The van der Waals surface area contributed by atoms with E-state index < -0.39 is 0 Å². The van der Waals surface area contributed by atoms with E-state index in [1.165, 1.54) is 5.56 Å². The van der Waals surface area contributed by atoms with Crippen LogP contribution in [-0.4, -0.2) is 57.3 Å². The number of nitrogens with one attached hydrogen (secondary N) is 1. The number of morpholine rings is 1. The van der Waals surface area contributed by atoms with Crippen LogP contribution < -0.4 is 5.32 Å². The Labute approximate surface area is 126 Å². The van der Waals surface area contributed by atoms with Crippen LogP contribution in [0.15, 0.2) is 30.3 Å². The fourth-order valence-electron chi connectivity index (χ4n) is 2.42. The van der Waals surface area contributed by atoms with Crippen molar-refractivity contribution in [2.45, 2.75) is 12.5 Å². The molecule has 0 saturated carbocycles. The molecule has 5 nitrogen and oxygen atoms in total. The minimum atomic E-state index is 0.0567. The van der Waals surface area contributed by atoms with Crippen molar-refractivity contribution in [1.82, 2.24) is 10.2 Å². The number of hydrogen-bond acceptors (Lipinski definition) is 4. The summed E-state index contributed by atoms with van der Waals surface area (Å²) in [6.45, 7) is 3.99. The van der Waals surface area contributed by atoms with Gasteiger partial charge < -0.3 is 14.8 Å². The second-order valence-corrected chi connectivity index (χ2v) is 5.20. The lowest BCUT2D eigenvalue weighted by atomic mass is 10.1. The molecule has 1 aromatic carbocycles. The Morgan fingerprint density at radius 1 is 1.43 bits per heavy atom. The van der Waals surface area contributed by atoms with Crippen molar-refractivity contribution < 1.29 is 14.3 Å². The largest absolute Gasteiger partial charge is 0.385 e. The molecular weight excluding hydrogens is 268 g/mol. The summed E-state index contributed by atoms with van der Waals surface area (Å²) in [4.78, 5) is 14.0. The Hall–Kier alpha value is -1.43. The van der Waals surface area contributed by atoms with Gasteiger partial charge in [0.1, 0.15) is 0 Å². The number of methoxy groups -OCH3 is 1. The van der Waals surface area contributed by atoms with Crippen molar-refractivity contribution >= 4 is 5.91 Å². The van der Waals surface area contributed by atoms with Gasteiger partial charge in [-0.3, -0.25) is 9.69 Å². The Kier molecular flexibility index (Phi) is 6.66. The van der Waals surface area contributed by atoms with Crippen molar-refractivity contribution in [1.29, 1.82) is 0 Å². The van der Waals surface area contributed by atoms with Crippen LogP contribution in [0.4, 0.5) is 0 Å². The summed E-state index contributed by atoms with van der Waals surface area (Å²) in [5.41, 5.74) is 1.17. The van der Waals surface area contributed by atoms with Gasteiger partial charge in [0.05, 0.1) is 19.3 Å². The molecule has 0 spiro atoms. The molecule has 0 radical (unpaired) electrons. The predicted molar refractivity (Wildman–Crippen MR) is 81.1 cm³/mol. The number of carbonyl (C=O) groups is 1. The van der Waals surface area contributed by atoms with Crippen LogP contribution >= 0.6 is 0 Å². The Morgan fingerprint density at radius 2 is 2.24 bits per heavy atom. The number of hydrogen-bond donors (Lipinski definition) is 1. The normalized spacial score (nSPS) is 19.4. The van der Waals surface area contributed by atoms with E-state index in [1.54, 1.807) is 7.11 Å². The average Bonchev–Trinajstić information content (AvgIpc) is 2.53. The SMILES string of the molecule is COCCCNC(=O)CN1CCO[C@@H](c2ccccc2)C1. The Bertz CT molecular complexity index is 425. The summed E-state index contributed by atoms with van der Waals surface area (Å²) in [5.74, 6) is 0.0693. The average molecular weight is 292 g/mol. The molecular formula is C16H24N2O3. The lowest BCUT2D eigenvalue weighted by molar-refractivity contribution is -0.124. The van der Waals surface area contributed by atoms with Gasteiger partial charge in [0, 0.05) is 33.4 Å². The minimum Gasteiger partial charge on any atom is -0.385 e. The third-order valence-electron chi connectivity index (χ3n) is 3.54. The third-order valence-corrected chi connectivity index (χ3v) is 3.54. The fourth-order valence-corrected chi connectivity index (χ4v) is 2.42. The van der Waals surface area contributed by atoms with E-state index in [2.05, 4.69) is 22.3 Å². The zero-order valence-electron chi connectivity index (χ0n) is 12.6. The molecule has 1 aliphatic rings. The second-order valence-electron chi connectivity index (χ2n) is 5.20. The summed E-state index contributed by atoms with van der Waals surface area (Å²) < 4.78 is 10.8. The van der Waals surface area contributed by atoms with Gasteiger partial charge >= 0.3 is 0 Å². The van der Waals surface area contributed by atoms with Gasteiger partial charge in [-0.2, -0.15) is 0 Å². The van der Waals surface area contributed by atoms with Gasteiger partial charge in [0.2, 0.25) is 5.91 Å². The standard InChI is InChI=1S/C16H24N2O3/c1-20-10-5-8-17-16(19)13-18-9-11-21-15(12-18)14-6-3-2-4-7-14/h2-4,6-7,15H,5,8-13H2,1H3,(H,17,19)/t15-/m1/s1. The molecule has 0 aliphatic carbocycles. The highest BCUT2D eigenvalue weighted by molar-refractivity contribution is 5.77. The fraction of sp³-hybridized carbons (Fsp3) is 0.562. The molecule has 1 atom stereocenters. The first-order valence-electron chi connectivity index (χ1n) is 7.44. The maximum Gasteiger partial charge on any atom is 0.234 e. The Balaban J connectivity index is 1.75. The van der Waals surface area contributed by atoms with Crippen LogP contribution in [0.25, 0.3) is 0 Å². The maximum absolute atomic E-state index is 11.9. The van der Waals surface area contributed by atoms with Gasteiger partial charge in [-0.05, 0) is 12.0 Å². The molecule has 5 heteroatoms. The summed E-state index contributed by atoms with van der Waals surface area (Å²) in [5, 5.41) is 2.92. The van der Waals surface area contributed by atoms with Crippen LogP contribution in [0.5, 0.6) is 0 Å². The van der Waals surface area contributed by atoms with Crippen molar-refractivity contribution in [3.05, 3.63) is 35.9 Å². The van der Waals surface area contributed by atoms with Gasteiger partial charge in [0.25, 0.3) is 0 Å². The van der Waals surface area contributed by atoms with E-state index in [0.29, 0.717) is 26.3 Å². The van der Waals surface area contributed by atoms with E-state index in [-0.39, 0.29) is 12.0 Å². The zero-order chi connectivity index (χ0) is 14.9. The molecule has 1 aromatic rings. The van der Waals surface area contributed by atoms with Crippen LogP contribution in [0.1, 0.15) is 18.1 Å². The van der Waals surface area contributed by atoms with Gasteiger partial charge in [-0.25, -0.2) is 0 Å². The first-order chi connectivity index (χ1) is 10.3. The van der Waals surface area contributed by atoms with Crippen LogP contribution in [0.3, 0.4) is 0 Å². The highest BCUT2D eigenvalue weighted by Gasteiger charge is 2.23. The van der Waals surface area contributed by atoms with Gasteiger partial charge in [-0.1, -0.05) is 30.3 Å². The van der Waals surface area contributed by atoms with Gasteiger partial charge in [-0.15, -0.1) is 0 Å². The van der Waals surface area contributed by atoms with E-state index in [1.807, 2.05) is 18.2 Å². The molecule has 1 N–H and O–H groups in total. The van der Waals surface area contributed by atoms with Crippen molar-refractivity contribution in [2.75, 3.05) is 46.5 Å². The Morgan fingerprint density at radius 3 is 3.00 bits per heavy atom. The topological polar surface area (TPSA) is 50.8 Å². The van der Waals surface area contributed by atoms with Crippen molar-refractivity contribution in [3.63, 3.8) is 0 Å². The van der Waals surface area contributed by atoms with Crippen molar-refractivity contribution in [2.24, 2.45) is 0 Å². The maximum atomic E-state index is 11.9. The van der Waals surface area contributed by atoms with Crippen LogP contribution in [-0.2, 0) is 14.3 Å². The quantitative estimate of drug-likeness (QED) is 0.768. The highest BCUT2D eigenvalue weighted by Crippen LogP contribution is 2.21. The van der Waals surface area contributed by atoms with E-state index in [9.17, 15) is 4.79 Å². The molecule has 1 heterocycles. The lowest BCUT2D eigenvalue weighted by Gasteiger charge is -2.32. The molecule has 1 fully saturated rings. The van der Waals surface area contributed by atoms with Crippen molar-refractivity contribution in [3.8, 4) is 0 Å². The molecule has 0 aromatic heterocycles. The highest BCUT2D eigenvalue weighted by atomic mass is 16.5. The number of benzene rings is 1. The zero-order valence-corrected chi connectivity index (χ0v) is 12.6. The number of carbonyl (C=O) groups excluding carboxylic acids is 1. The monoisotopic (exact) mass is 292 g/mol. The van der Waals surface area contributed by atoms with E-state index in [4.69, 9.17) is 9.47 Å². The van der Waals surface area contributed by atoms with Gasteiger partial charge in [0.15, 0.2) is 0 Å². The van der Waals surface area contributed by atoms with E-state index >= 15 is 0 Å². The molecule has 2 rings (SSSR count). The molecule has 1 aliphatic heterocycles. The molecule has 116 valence electrons. The molecule has 21 heavy (non-hydrogen) atoms. The van der Waals surface area contributed by atoms with Crippen LogP contribution in [0, 0.1) is 0 Å². The first-order valence-corrected chi connectivity index (χ1v) is 7.44. The second kappa shape index (κ2) is 8.77. The number of nitrogens with zero attached hydrogens (tertiary/aromatic N) is 1. The smallest absolute Gasteiger partial charge is 0.234 e. The summed E-state index contributed by atoms with van der Waals surface area (Å²) in [6, 6.07) is 10.2. The third kappa shape index (κ3) is 5.46. The molecule has 0 unspecified atom stereocenters. The number of ether oxygens (including phenoxy) is 2. The molecule has 0 bridgehead atoms. The molecule has 1 saturated heterocycles. The van der Waals surface area contributed by atoms with Crippen LogP contribution in [0.2, 0.25) is 0 Å². The van der Waals surface area contributed by atoms with E-state index in [0.717, 1.165) is 19.5 Å². The molecule has 1 amide bonds. The number of amides is 1. The predicted octanol–water partition coefficient (Wildman–Crippen LogP) is 1.21.